The van der Waals surface area contributed by atoms with Gasteiger partial charge in [0.2, 0.25) is 0 Å². The van der Waals surface area contributed by atoms with Gasteiger partial charge in [-0.1, -0.05) is 41.4 Å². The monoisotopic (exact) mass is 407 g/mol. The lowest BCUT2D eigenvalue weighted by atomic mass is 9.94. The lowest BCUT2D eigenvalue weighted by Gasteiger charge is -2.24. The van der Waals surface area contributed by atoms with Crippen LogP contribution < -0.4 is 0 Å². The molecule has 1 unspecified atom stereocenters. The van der Waals surface area contributed by atoms with Gasteiger partial charge in [0.05, 0.1) is 24.4 Å². The highest BCUT2D eigenvalue weighted by atomic mass is 35.5. The highest BCUT2D eigenvalue weighted by Crippen LogP contribution is 2.40. The number of likely N-dealkylation sites (tertiary alicyclic amines) is 1. The van der Waals surface area contributed by atoms with Crippen LogP contribution in [0.1, 0.15) is 28.5 Å². The van der Waals surface area contributed by atoms with Crippen LogP contribution in [0.3, 0.4) is 0 Å². The number of carbonyl (C=O) groups is 2. The maximum atomic E-state index is 12.9. The number of rotatable bonds is 4. The van der Waals surface area contributed by atoms with E-state index in [2.05, 4.69) is 0 Å². The molecule has 2 heterocycles. The second-order valence-corrected chi connectivity index (χ2v) is 7.36. The average molecular weight is 408 g/mol. The molecule has 6 heteroatoms. The zero-order valence-corrected chi connectivity index (χ0v) is 16.4. The smallest absolute Gasteiger partial charge is 0.296 e. The van der Waals surface area contributed by atoms with E-state index in [1.807, 2.05) is 31.2 Å². The van der Waals surface area contributed by atoms with Crippen LogP contribution >= 0.6 is 11.6 Å². The summed E-state index contributed by atoms with van der Waals surface area (Å²) in [5.74, 6) is -1.08. The number of aryl methyl sites for hydroxylation is 1. The molecule has 1 aliphatic heterocycles. The number of aliphatic hydroxyl groups is 1. The predicted molar refractivity (Wildman–Crippen MR) is 109 cm³/mol. The Morgan fingerprint density at radius 2 is 1.86 bits per heavy atom. The van der Waals surface area contributed by atoms with E-state index in [-0.39, 0.29) is 17.9 Å². The summed E-state index contributed by atoms with van der Waals surface area (Å²) in [6.45, 7) is 2.05. The quantitative estimate of drug-likeness (QED) is 0.381. The first-order valence-electron chi connectivity index (χ1n) is 9.09. The van der Waals surface area contributed by atoms with Gasteiger partial charge in [-0.25, -0.2) is 0 Å². The summed E-state index contributed by atoms with van der Waals surface area (Å²) < 4.78 is 5.38. The predicted octanol–water partition coefficient (Wildman–Crippen LogP) is 4.86. The number of ketones is 1. The molecule has 1 fully saturated rings. The minimum absolute atomic E-state index is 0.0504. The molecule has 0 saturated carbocycles. The Kier molecular flexibility index (Phi) is 4.99. The molecular weight excluding hydrogens is 390 g/mol. The number of hydrogen-bond donors (Lipinski definition) is 1. The lowest BCUT2D eigenvalue weighted by molar-refractivity contribution is -0.140. The van der Waals surface area contributed by atoms with E-state index in [9.17, 15) is 14.7 Å². The van der Waals surface area contributed by atoms with Crippen molar-refractivity contribution in [3.8, 4) is 0 Å². The van der Waals surface area contributed by atoms with Crippen molar-refractivity contribution in [3.63, 3.8) is 0 Å². The van der Waals surface area contributed by atoms with Crippen LogP contribution in [-0.2, 0) is 16.1 Å². The summed E-state index contributed by atoms with van der Waals surface area (Å²) in [7, 11) is 0. The summed E-state index contributed by atoms with van der Waals surface area (Å²) in [6, 6.07) is 16.8. The average Bonchev–Trinajstić information content (AvgIpc) is 3.30. The molecule has 1 atom stereocenters. The molecule has 2 aromatic carbocycles. The van der Waals surface area contributed by atoms with E-state index >= 15 is 0 Å². The first kappa shape index (κ1) is 19.0. The number of halogens is 1. The zero-order chi connectivity index (χ0) is 20.5. The fraction of sp³-hybridized carbons (Fsp3) is 0.130. The fourth-order valence-electron chi connectivity index (χ4n) is 3.56. The SMILES string of the molecule is Cc1cccc(C2/C(=C(/O)c3ccc(Cl)cc3)C(=O)C(=O)N2Cc2ccco2)c1. The van der Waals surface area contributed by atoms with E-state index in [1.165, 1.54) is 11.2 Å². The van der Waals surface area contributed by atoms with E-state index < -0.39 is 17.7 Å². The summed E-state index contributed by atoms with van der Waals surface area (Å²) in [5, 5.41) is 11.5. The molecule has 3 aromatic rings. The number of amides is 1. The summed E-state index contributed by atoms with van der Waals surface area (Å²) >= 11 is 5.94. The van der Waals surface area contributed by atoms with Crippen LogP contribution in [0.5, 0.6) is 0 Å². The van der Waals surface area contributed by atoms with Gasteiger partial charge in [0, 0.05) is 10.6 Å². The number of hydrogen-bond acceptors (Lipinski definition) is 4. The topological polar surface area (TPSA) is 70.8 Å². The van der Waals surface area contributed by atoms with Crippen LogP contribution in [0.25, 0.3) is 5.76 Å². The molecule has 0 spiro atoms. The molecule has 146 valence electrons. The second kappa shape index (κ2) is 7.60. The largest absolute Gasteiger partial charge is 0.507 e. The van der Waals surface area contributed by atoms with Gasteiger partial charge in [-0.05, 0) is 48.9 Å². The molecule has 1 aromatic heterocycles. The number of carbonyl (C=O) groups excluding carboxylic acids is 2. The maximum Gasteiger partial charge on any atom is 0.296 e. The number of furan rings is 1. The van der Waals surface area contributed by atoms with E-state index in [0.717, 1.165) is 11.1 Å². The molecule has 29 heavy (non-hydrogen) atoms. The highest BCUT2D eigenvalue weighted by Gasteiger charge is 2.46. The minimum atomic E-state index is -0.726. The van der Waals surface area contributed by atoms with Gasteiger partial charge in [-0.15, -0.1) is 0 Å². The van der Waals surface area contributed by atoms with Crippen molar-refractivity contribution < 1.29 is 19.1 Å². The third-order valence-corrected chi connectivity index (χ3v) is 5.17. The van der Waals surface area contributed by atoms with Crippen molar-refractivity contribution in [3.05, 3.63) is 100.0 Å². The van der Waals surface area contributed by atoms with Gasteiger partial charge < -0.3 is 14.4 Å². The van der Waals surface area contributed by atoms with Crippen molar-refractivity contribution in [1.29, 1.82) is 0 Å². The van der Waals surface area contributed by atoms with Gasteiger partial charge in [0.15, 0.2) is 0 Å². The Morgan fingerprint density at radius 3 is 2.52 bits per heavy atom. The van der Waals surface area contributed by atoms with Gasteiger partial charge in [0.1, 0.15) is 11.5 Å². The van der Waals surface area contributed by atoms with Crippen molar-refractivity contribution in [2.24, 2.45) is 0 Å². The molecule has 5 nitrogen and oxygen atoms in total. The van der Waals surface area contributed by atoms with E-state index in [4.69, 9.17) is 16.0 Å². The van der Waals surface area contributed by atoms with Crippen molar-refractivity contribution in [1.82, 2.24) is 4.90 Å². The Bertz CT molecular complexity index is 1100. The van der Waals surface area contributed by atoms with Gasteiger partial charge >= 0.3 is 0 Å². The highest BCUT2D eigenvalue weighted by molar-refractivity contribution is 6.46. The third-order valence-electron chi connectivity index (χ3n) is 4.92. The van der Waals surface area contributed by atoms with Crippen molar-refractivity contribution >= 4 is 29.1 Å². The molecule has 0 bridgehead atoms. The van der Waals surface area contributed by atoms with Crippen LogP contribution in [0, 0.1) is 6.92 Å². The summed E-state index contributed by atoms with van der Waals surface area (Å²) in [4.78, 5) is 27.2. The summed E-state index contributed by atoms with van der Waals surface area (Å²) in [5.41, 5.74) is 2.20. The molecule has 1 aliphatic rings. The maximum absolute atomic E-state index is 12.9. The van der Waals surface area contributed by atoms with Gasteiger partial charge in [0.25, 0.3) is 11.7 Å². The zero-order valence-electron chi connectivity index (χ0n) is 15.6. The van der Waals surface area contributed by atoms with E-state index in [0.29, 0.717) is 16.3 Å². The van der Waals surface area contributed by atoms with Crippen LogP contribution in [-0.4, -0.2) is 21.7 Å². The molecule has 1 amide bonds. The molecule has 1 saturated heterocycles. The van der Waals surface area contributed by atoms with Crippen LogP contribution in [0.15, 0.2) is 76.9 Å². The van der Waals surface area contributed by atoms with Crippen molar-refractivity contribution in [2.45, 2.75) is 19.5 Å². The Balaban J connectivity index is 1.87. The molecule has 0 radical (unpaired) electrons. The second-order valence-electron chi connectivity index (χ2n) is 6.93. The number of benzene rings is 2. The van der Waals surface area contributed by atoms with Crippen molar-refractivity contribution in [2.75, 3.05) is 0 Å². The number of aliphatic hydroxyl groups excluding tert-OH is 1. The van der Waals surface area contributed by atoms with Crippen LogP contribution in [0.4, 0.5) is 0 Å². The first-order valence-corrected chi connectivity index (χ1v) is 9.47. The molecule has 1 N–H and O–H groups in total. The standard InChI is InChI=1S/C23H18ClNO4/c1-14-4-2-5-16(12-14)20-19(21(26)15-7-9-17(24)10-8-15)22(27)23(28)25(20)13-18-6-3-11-29-18/h2-12,20,26H,13H2,1H3/b21-19-. The minimum Gasteiger partial charge on any atom is -0.507 e. The summed E-state index contributed by atoms with van der Waals surface area (Å²) in [6.07, 6.45) is 1.52. The number of nitrogens with zero attached hydrogens (tertiary/aromatic N) is 1. The Morgan fingerprint density at radius 1 is 1.10 bits per heavy atom. The Hall–Kier alpha value is -3.31. The van der Waals surface area contributed by atoms with Crippen LogP contribution in [0.2, 0.25) is 5.02 Å². The lowest BCUT2D eigenvalue weighted by Crippen LogP contribution is -2.29. The van der Waals surface area contributed by atoms with Gasteiger partial charge in [-0.3, -0.25) is 9.59 Å². The molecule has 0 aliphatic carbocycles. The first-order chi connectivity index (χ1) is 14.0. The normalized spacial score (nSPS) is 18.4. The van der Waals surface area contributed by atoms with E-state index in [1.54, 1.807) is 36.4 Å². The Labute approximate surface area is 172 Å². The fourth-order valence-corrected chi connectivity index (χ4v) is 3.69. The molecular formula is C23H18ClNO4. The number of Topliss-reactive ketones (excluding diaryl/α,β-unsaturated/α-hetero) is 1. The third kappa shape index (κ3) is 3.57. The van der Waals surface area contributed by atoms with Gasteiger partial charge in [-0.2, -0.15) is 0 Å². The molecule has 4 rings (SSSR count).